The van der Waals surface area contributed by atoms with Crippen LogP contribution in [0.3, 0.4) is 0 Å². The van der Waals surface area contributed by atoms with Gasteiger partial charge in [-0.05, 0) is 44.4 Å². The summed E-state index contributed by atoms with van der Waals surface area (Å²) < 4.78 is 12.0. The quantitative estimate of drug-likeness (QED) is 0.741. The lowest BCUT2D eigenvalue weighted by molar-refractivity contribution is 0.115. The fraction of sp³-hybridized carbons (Fsp3) is 0.444. The van der Waals surface area contributed by atoms with Gasteiger partial charge in [0.15, 0.2) is 0 Å². The van der Waals surface area contributed by atoms with E-state index in [1.807, 2.05) is 6.07 Å². The molecule has 0 saturated heterocycles. The first-order valence-electron chi connectivity index (χ1n) is 7.46. The molecular weight excluding hydrogens is 248 g/mol. The van der Waals surface area contributed by atoms with Crippen LogP contribution in [0.25, 0.3) is 0 Å². The molecule has 0 aliphatic heterocycles. The van der Waals surface area contributed by atoms with Gasteiger partial charge in [0.25, 0.3) is 0 Å². The zero-order valence-corrected chi connectivity index (χ0v) is 12.6. The Hall–Kier alpha value is -1.70. The van der Waals surface area contributed by atoms with Gasteiger partial charge < -0.3 is 9.47 Å². The number of ether oxygens (including phenoxy) is 2. The summed E-state index contributed by atoms with van der Waals surface area (Å²) in [5.41, 5.74) is 1.22. The highest BCUT2D eigenvalue weighted by molar-refractivity contribution is 5.37. The third-order valence-electron chi connectivity index (χ3n) is 3.18. The Labute approximate surface area is 122 Å². The summed E-state index contributed by atoms with van der Waals surface area (Å²) >= 11 is 0. The van der Waals surface area contributed by atoms with Crippen LogP contribution < -0.4 is 0 Å². The van der Waals surface area contributed by atoms with Crippen molar-refractivity contribution in [3.63, 3.8) is 0 Å². The van der Waals surface area contributed by atoms with Crippen molar-refractivity contribution in [1.82, 2.24) is 0 Å². The second kappa shape index (κ2) is 7.18. The number of hydrogen-bond donors (Lipinski definition) is 0. The van der Waals surface area contributed by atoms with Crippen LogP contribution in [0.1, 0.15) is 45.1 Å². The topological polar surface area (TPSA) is 18.5 Å². The molecule has 0 radical (unpaired) electrons. The molecule has 1 aliphatic carbocycles. The van der Waals surface area contributed by atoms with Crippen molar-refractivity contribution in [2.75, 3.05) is 6.61 Å². The average molecular weight is 272 g/mol. The van der Waals surface area contributed by atoms with Gasteiger partial charge in [-0.3, -0.25) is 0 Å². The first kappa shape index (κ1) is 14.7. The van der Waals surface area contributed by atoms with Crippen molar-refractivity contribution >= 4 is 0 Å². The normalized spacial score (nSPS) is 18.5. The molecule has 1 aromatic carbocycles. The lowest BCUT2D eigenvalue weighted by Crippen LogP contribution is -2.17. The molecule has 2 rings (SSSR count). The van der Waals surface area contributed by atoms with Crippen LogP contribution >= 0.6 is 0 Å². The van der Waals surface area contributed by atoms with Crippen LogP contribution in [-0.4, -0.2) is 12.7 Å². The molecule has 0 heterocycles. The molecule has 0 fully saturated rings. The third kappa shape index (κ3) is 3.66. The summed E-state index contributed by atoms with van der Waals surface area (Å²) in [6.45, 7) is 7.01. The molecule has 20 heavy (non-hydrogen) atoms. The van der Waals surface area contributed by atoms with Gasteiger partial charge in [0.1, 0.15) is 11.5 Å². The fourth-order valence-corrected chi connectivity index (χ4v) is 2.39. The maximum atomic E-state index is 6.01. The van der Waals surface area contributed by atoms with Gasteiger partial charge >= 0.3 is 0 Å². The number of allylic oxidation sites excluding steroid dienone is 2. The Morgan fingerprint density at radius 2 is 1.80 bits per heavy atom. The van der Waals surface area contributed by atoms with E-state index in [-0.39, 0.29) is 12.0 Å². The summed E-state index contributed by atoms with van der Waals surface area (Å²) in [6, 6.07) is 10.4. The van der Waals surface area contributed by atoms with Crippen LogP contribution in [0.2, 0.25) is 0 Å². The standard InChI is InChI=1S/C18H24O2/c1-4-13-19-16-11-8-12-17(20-14(2)3)18(16)15-9-6-5-7-10-15/h5-7,9-12,14,18H,4,8,13H2,1-3H3. The van der Waals surface area contributed by atoms with Crippen molar-refractivity contribution in [3.05, 3.63) is 59.6 Å². The molecule has 108 valence electrons. The minimum Gasteiger partial charge on any atom is -0.497 e. The van der Waals surface area contributed by atoms with E-state index in [1.54, 1.807) is 0 Å². The van der Waals surface area contributed by atoms with Crippen LogP contribution in [0, 0.1) is 0 Å². The Balaban J connectivity index is 2.27. The second-order valence-corrected chi connectivity index (χ2v) is 5.31. The molecule has 1 atom stereocenters. The number of hydrogen-bond acceptors (Lipinski definition) is 2. The van der Waals surface area contributed by atoms with Crippen molar-refractivity contribution in [3.8, 4) is 0 Å². The Kier molecular flexibility index (Phi) is 5.28. The van der Waals surface area contributed by atoms with Gasteiger partial charge in [-0.25, -0.2) is 0 Å². The van der Waals surface area contributed by atoms with Gasteiger partial charge in [-0.15, -0.1) is 0 Å². The molecule has 1 aliphatic rings. The molecule has 0 N–H and O–H groups in total. The second-order valence-electron chi connectivity index (χ2n) is 5.31. The third-order valence-corrected chi connectivity index (χ3v) is 3.18. The number of benzene rings is 1. The van der Waals surface area contributed by atoms with E-state index >= 15 is 0 Å². The van der Waals surface area contributed by atoms with Crippen molar-refractivity contribution in [2.45, 2.75) is 45.6 Å². The first-order chi connectivity index (χ1) is 9.72. The van der Waals surface area contributed by atoms with Crippen molar-refractivity contribution in [1.29, 1.82) is 0 Å². The molecule has 1 unspecified atom stereocenters. The van der Waals surface area contributed by atoms with E-state index in [9.17, 15) is 0 Å². The molecule has 1 aromatic rings. The summed E-state index contributed by atoms with van der Waals surface area (Å²) in [5.74, 6) is 2.13. The highest BCUT2D eigenvalue weighted by Gasteiger charge is 2.27. The van der Waals surface area contributed by atoms with Gasteiger partial charge in [0.05, 0.1) is 18.6 Å². The van der Waals surface area contributed by atoms with E-state index in [0.717, 1.165) is 31.0 Å². The molecule has 0 saturated carbocycles. The lowest BCUT2D eigenvalue weighted by atomic mass is 9.90. The smallest absolute Gasteiger partial charge is 0.108 e. The number of rotatable bonds is 6. The summed E-state index contributed by atoms with van der Waals surface area (Å²) in [5, 5.41) is 0. The van der Waals surface area contributed by atoms with Crippen LogP contribution in [-0.2, 0) is 9.47 Å². The Morgan fingerprint density at radius 1 is 1.10 bits per heavy atom. The Bertz CT molecular complexity index is 471. The average Bonchev–Trinajstić information content (AvgIpc) is 2.45. The highest BCUT2D eigenvalue weighted by atomic mass is 16.5. The van der Waals surface area contributed by atoms with Gasteiger partial charge in [-0.2, -0.15) is 0 Å². The molecule has 0 amide bonds. The SMILES string of the molecule is CCCOC1=CCC=C(OC(C)C)C1c1ccccc1. The molecule has 0 spiro atoms. The molecule has 0 bridgehead atoms. The monoisotopic (exact) mass is 272 g/mol. The van der Waals surface area contributed by atoms with E-state index in [0.29, 0.717) is 0 Å². The molecule has 0 aromatic heterocycles. The van der Waals surface area contributed by atoms with E-state index in [4.69, 9.17) is 9.47 Å². The predicted octanol–water partition coefficient (Wildman–Crippen LogP) is 4.79. The summed E-state index contributed by atoms with van der Waals surface area (Å²) in [6.07, 6.45) is 6.41. The van der Waals surface area contributed by atoms with E-state index < -0.39 is 0 Å². The van der Waals surface area contributed by atoms with E-state index in [1.165, 1.54) is 5.56 Å². The van der Waals surface area contributed by atoms with Gasteiger partial charge in [0, 0.05) is 0 Å². The first-order valence-corrected chi connectivity index (χ1v) is 7.46. The lowest BCUT2D eigenvalue weighted by Gasteiger charge is -2.28. The maximum Gasteiger partial charge on any atom is 0.108 e. The van der Waals surface area contributed by atoms with E-state index in [2.05, 4.69) is 57.2 Å². The molecule has 2 nitrogen and oxygen atoms in total. The van der Waals surface area contributed by atoms with Crippen LogP contribution in [0.5, 0.6) is 0 Å². The van der Waals surface area contributed by atoms with Crippen LogP contribution in [0.15, 0.2) is 54.0 Å². The highest BCUT2D eigenvalue weighted by Crippen LogP contribution is 2.37. The van der Waals surface area contributed by atoms with Crippen molar-refractivity contribution < 1.29 is 9.47 Å². The van der Waals surface area contributed by atoms with Gasteiger partial charge in [0.2, 0.25) is 0 Å². The van der Waals surface area contributed by atoms with Crippen LogP contribution in [0.4, 0.5) is 0 Å². The largest absolute Gasteiger partial charge is 0.497 e. The zero-order chi connectivity index (χ0) is 14.4. The molecular formula is C18H24O2. The summed E-state index contributed by atoms with van der Waals surface area (Å²) in [7, 11) is 0. The predicted molar refractivity (Wildman–Crippen MR) is 82.4 cm³/mol. The zero-order valence-electron chi connectivity index (χ0n) is 12.6. The maximum absolute atomic E-state index is 6.01. The molecule has 2 heteroatoms. The minimum absolute atomic E-state index is 0.0962. The van der Waals surface area contributed by atoms with Gasteiger partial charge in [-0.1, -0.05) is 37.3 Å². The minimum atomic E-state index is 0.0962. The van der Waals surface area contributed by atoms with Crippen molar-refractivity contribution in [2.24, 2.45) is 0 Å². The summed E-state index contributed by atoms with van der Waals surface area (Å²) in [4.78, 5) is 0. The Morgan fingerprint density at radius 3 is 2.45 bits per heavy atom. The fourth-order valence-electron chi connectivity index (χ4n) is 2.39.